The Morgan fingerprint density at radius 3 is 2.59 bits per heavy atom. The Bertz CT molecular complexity index is 861. The van der Waals surface area contributed by atoms with Gasteiger partial charge >= 0.3 is 0 Å². The maximum absolute atomic E-state index is 12.2. The summed E-state index contributed by atoms with van der Waals surface area (Å²) in [5.74, 6) is 0.584. The van der Waals surface area contributed by atoms with Gasteiger partial charge < -0.3 is 20.1 Å². The molecule has 0 saturated heterocycles. The summed E-state index contributed by atoms with van der Waals surface area (Å²) in [6.07, 6.45) is 0. The van der Waals surface area contributed by atoms with E-state index < -0.39 is 0 Å². The van der Waals surface area contributed by atoms with Gasteiger partial charge in [0.25, 0.3) is 5.91 Å². The number of hydrogen-bond acceptors (Lipinski definition) is 4. The van der Waals surface area contributed by atoms with Crippen LogP contribution in [0, 0.1) is 6.92 Å². The van der Waals surface area contributed by atoms with E-state index in [-0.39, 0.29) is 30.6 Å². The fourth-order valence-corrected chi connectivity index (χ4v) is 2.85. The number of carbonyl (C=O) groups excluding carboxylic acids is 2. The zero-order valence-corrected chi connectivity index (χ0v) is 15.8. The van der Waals surface area contributed by atoms with Crippen LogP contribution in [0.5, 0.6) is 11.5 Å². The molecule has 0 saturated carbocycles. The van der Waals surface area contributed by atoms with Crippen molar-refractivity contribution in [2.45, 2.75) is 26.2 Å². The Balaban J connectivity index is 1.50. The molecule has 2 amide bonds. The van der Waals surface area contributed by atoms with Crippen LogP contribution in [0.3, 0.4) is 0 Å². The third-order valence-electron chi connectivity index (χ3n) is 4.57. The maximum atomic E-state index is 12.2. The highest BCUT2D eigenvalue weighted by atomic mass is 16.7. The Hall–Kier alpha value is -3.02. The highest BCUT2D eigenvalue weighted by Gasteiger charge is 2.22. The van der Waals surface area contributed by atoms with Crippen molar-refractivity contribution in [1.82, 2.24) is 10.6 Å². The molecule has 2 N–H and O–H groups in total. The van der Waals surface area contributed by atoms with Gasteiger partial charge in [0.15, 0.2) is 11.5 Å². The molecule has 6 nitrogen and oxygen atoms in total. The lowest BCUT2D eigenvalue weighted by atomic mass is 9.84. The van der Waals surface area contributed by atoms with E-state index in [1.165, 1.54) is 5.56 Å². The number of fused-ring (bicyclic) bond motifs is 1. The molecule has 0 unspecified atom stereocenters. The van der Waals surface area contributed by atoms with Gasteiger partial charge in [0.05, 0.1) is 6.54 Å². The van der Waals surface area contributed by atoms with Gasteiger partial charge in [0.2, 0.25) is 12.7 Å². The molecule has 6 heteroatoms. The van der Waals surface area contributed by atoms with Gasteiger partial charge in [0.1, 0.15) is 0 Å². The number of benzene rings is 2. The number of nitrogens with one attached hydrogen (secondary N) is 2. The van der Waals surface area contributed by atoms with Crippen LogP contribution in [-0.4, -0.2) is 31.7 Å². The second-order valence-electron chi connectivity index (χ2n) is 7.28. The molecule has 1 heterocycles. The van der Waals surface area contributed by atoms with E-state index in [0.717, 1.165) is 5.56 Å². The lowest BCUT2D eigenvalue weighted by Crippen LogP contribution is -2.42. The quantitative estimate of drug-likeness (QED) is 0.822. The Kier molecular flexibility index (Phi) is 5.35. The van der Waals surface area contributed by atoms with E-state index in [0.29, 0.717) is 23.6 Å². The molecular weight excluding hydrogens is 344 g/mol. The fraction of sp³-hybridized carbons (Fsp3) is 0.333. The summed E-state index contributed by atoms with van der Waals surface area (Å²) >= 11 is 0. The summed E-state index contributed by atoms with van der Waals surface area (Å²) in [6, 6.07) is 13.2. The van der Waals surface area contributed by atoms with E-state index in [4.69, 9.17) is 9.47 Å². The van der Waals surface area contributed by atoms with Gasteiger partial charge in [-0.05, 0) is 30.7 Å². The minimum absolute atomic E-state index is 0.0861. The third kappa shape index (κ3) is 4.58. The fourth-order valence-electron chi connectivity index (χ4n) is 2.85. The Morgan fingerprint density at radius 2 is 1.81 bits per heavy atom. The SMILES string of the molecule is Cc1cccc(C(C)(C)CNC(=O)CNC(=O)c2ccc3c(c2)OCO3)c1. The van der Waals surface area contributed by atoms with Crippen LogP contribution in [0.2, 0.25) is 0 Å². The molecule has 2 aromatic carbocycles. The van der Waals surface area contributed by atoms with Gasteiger partial charge in [-0.2, -0.15) is 0 Å². The van der Waals surface area contributed by atoms with Crippen molar-refractivity contribution in [3.8, 4) is 11.5 Å². The van der Waals surface area contributed by atoms with Crippen molar-refractivity contribution < 1.29 is 19.1 Å². The molecule has 0 aliphatic carbocycles. The topological polar surface area (TPSA) is 76.7 Å². The molecule has 1 aliphatic rings. The average molecular weight is 368 g/mol. The molecular formula is C21H24N2O4. The van der Waals surface area contributed by atoms with Crippen molar-refractivity contribution in [2.24, 2.45) is 0 Å². The largest absolute Gasteiger partial charge is 0.454 e. The molecule has 0 fully saturated rings. The first kappa shape index (κ1) is 18.8. The molecule has 0 aromatic heterocycles. The predicted molar refractivity (Wildman–Crippen MR) is 102 cm³/mol. The second-order valence-corrected chi connectivity index (χ2v) is 7.28. The maximum Gasteiger partial charge on any atom is 0.251 e. The van der Waals surface area contributed by atoms with Crippen LogP contribution >= 0.6 is 0 Å². The van der Waals surface area contributed by atoms with E-state index >= 15 is 0 Å². The molecule has 142 valence electrons. The molecule has 0 radical (unpaired) electrons. The molecule has 0 atom stereocenters. The van der Waals surface area contributed by atoms with Gasteiger partial charge in [-0.25, -0.2) is 0 Å². The first-order valence-electron chi connectivity index (χ1n) is 8.87. The van der Waals surface area contributed by atoms with Crippen LogP contribution < -0.4 is 20.1 Å². The minimum atomic E-state index is -0.332. The zero-order valence-electron chi connectivity index (χ0n) is 15.8. The van der Waals surface area contributed by atoms with E-state index in [1.807, 2.05) is 19.1 Å². The normalized spacial score (nSPS) is 12.6. The van der Waals surface area contributed by atoms with Crippen molar-refractivity contribution in [1.29, 1.82) is 0 Å². The molecule has 27 heavy (non-hydrogen) atoms. The molecule has 1 aliphatic heterocycles. The number of amides is 2. The molecule has 0 bridgehead atoms. The first-order chi connectivity index (χ1) is 12.8. The van der Waals surface area contributed by atoms with Crippen LogP contribution in [0.15, 0.2) is 42.5 Å². The summed E-state index contributed by atoms with van der Waals surface area (Å²) in [6.45, 7) is 6.75. The average Bonchev–Trinajstić information content (AvgIpc) is 3.12. The summed E-state index contributed by atoms with van der Waals surface area (Å²) in [4.78, 5) is 24.4. The molecule has 0 spiro atoms. The number of ether oxygens (including phenoxy) is 2. The van der Waals surface area contributed by atoms with E-state index in [1.54, 1.807) is 18.2 Å². The van der Waals surface area contributed by atoms with Gasteiger partial charge in [-0.1, -0.05) is 43.7 Å². The number of rotatable bonds is 6. The highest BCUT2D eigenvalue weighted by Crippen LogP contribution is 2.32. The Morgan fingerprint density at radius 1 is 1.04 bits per heavy atom. The van der Waals surface area contributed by atoms with E-state index in [2.05, 4.69) is 36.6 Å². The van der Waals surface area contributed by atoms with Crippen molar-refractivity contribution in [3.63, 3.8) is 0 Å². The summed E-state index contributed by atoms with van der Waals surface area (Å²) in [7, 11) is 0. The van der Waals surface area contributed by atoms with Crippen LogP contribution in [0.1, 0.15) is 35.3 Å². The molecule has 2 aromatic rings. The van der Waals surface area contributed by atoms with Crippen molar-refractivity contribution in [3.05, 3.63) is 59.2 Å². The lowest BCUT2D eigenvalue weighted by Gasteiger charge is -2.26. The smallest absolute Gasteiger partial charge is 0.251 e. The highest BCUT2D eigenvalue weighted by molar-refractivity contribution is 5.97. The first-order valence-corrected chi connectivity index (χ1v) is 8.87. The standard InChI is InChI=1S/C21H24N2O4/c1-14-5-4-6-16(9-14)21(2,3)12-23-19(24)11-22-20(25)15-7-8-17-18(10-15)27-13-26-17/h4-10H,11-13H2,1-3H3,(H,22,25)(H,23,24). The van der Waals surface area contributed by atoms with Gasteiger partial charge in [-0.3, -0.25) is 9.59 Å². The van der Waals surface area contributed by atoms with Crippen LogP contribution in [0.4, 0.5) is 0 Å². The van der Waals surface area contributed by atoms with Crippen molar-refractivity contribution in [2.75, 3.05) is 19.9 Å². The Labute approximate surface area is 158 Å². The summed E-state index contributed by atoms with van der Waals surface area (Å²) < 4.78 is 10.5. The number of aryl methyl sites for hydroxylation is 1. The van der Waals surface area contributed by atoms with Crippen molar-refractivity contribution >= 4 is 11.8 Å². The second kappa shape index (κ2) is 7.70. The number of carbonyl (C=O) groups is 2. The summed E-state index contributed by atoms with van der Waals surface area (Å²) in [5.41, 5.74) is 2.56. The lowest BCUT2D eigenvalue weighted by molar-refractivity contribution is -0.120. The third-order valence-corrected chi connectivity index (χ3v) is 4.57. The molecule has 3 rings (SSSR count). The van der Waals surface area contributed by atoms with Gasteiger partial charge in [-0.15, -0.1) is 0 Å². The zero-order chi connectivity index (χ0) is 19.4. The minimum Gasteiger partial charge on any atom is -0.454 e. The number of hydrogen-bond donors (Lipinski definition) is 2. The van der Waals surface area contributed by atoms with Crippen LogP contribution in [-0.2, 0) is 10.2 Å². The predicted octanol–water partition coefficient (Wildman–Crippen LogP) is 2.55. The van der Waals surface area contributed by atoms with Gasteiger partial charge in [0, 0.05) is 17.5 Å². The van der Waals surface area contributed by atoms with E-state index in [9.17, 15) is 9.59 Å². The summed E-state index contributed by atoms with van der Waals surface area (Å²) in [5, 5.41) is 5.52. The van der Waals surface area contributed by atoms with Crippen LogP contribution in [0.25, 0.3) is 0 Å². The monoisotopic (exact) mass is 368 g/mol.